The standard InChI is InChI=1S/C13H21O2P/c1-5-13(16,6-2)12-10(14-3)8-7-9-11(12)15-4/h7-9H,5-6,16H2,1-4H3. The van der Waals surface area contributed by atoms with Crippen molar-refractivity contribution in [2.45, 2.75) is 31.8 Å². The molecule has 0 heterocycles. The Bertz CT molecular complexity index is 324. The van der Waals surface area contributed by atoms with Crippen molar-refractivity contribution in [2.24, 2.45) is 0 Å². The highest BCUT2D eigenvalue weighted by molar-refractivity contribution is 7.18. The monoisotopic (exact) mass is 240 g/mol. The summed E-state index contributed by atoms with van der Waals surface area (Å²) in [6.45, 7) is 4.37. The Balaban J connectivity index is 3.38. The molecule has 1 unspecified atom stereocenters. The molecule has 0 aliphatic carbocycles. The molecule has 1 aromatic rings. The van der Waals surface area contributed by atoms with Crippen LogP contribution in [0.4, 0.5) is 0 Å². The lowest BCUT2D eigenvalue weighted by Gasteiger charge is -2.30. The zero-order chi connectivity index (χ0) is 12.2. The topological polar surface area (TPSA) is 18.5 Å². The third-order valence-corrected chi connectivity index (χ3v) is 4.29. The largest absolute Gasteiger partial charge is 0.496 e. The van der Waals surface area contributed by atoms with E-state index in [9.17, 15) is 0 Å². The summed E-state index contributed by atoms with van der Waals surface area (Å²) >= 11 is 0. The minimum absolute atomic E-state index is 0.0257. The molecule has 0 bridgehead atoms. The van der Waals surface area contributed by atoms with Crippen LogP contribution in [0.1, 0.15) is 32.3 Å². The fourth-order valence-electron chi connectivity index (χ4n) is 1.95. The molecule has 0 aromatic heterocycles. The van der Waals surface area contributed by atoms with Gasteiger partial charge >= 0.3 is 0 Å². The first-order chi connectivity index (χ1) is 7.62. The van der Waals surface area contributed by atoms with E-state index >= 15 is 0 Å². The number of methoxy groups -OCH3 is 2. The van der Waals surface area contributed by atoms with Gasteiger partial charge in [0.2, 0.25) is 0 Å². The predicted octanol–water partition coefficient (Wildman–Crippen LogP) is 3.59. The van der Waals surface area contributed by atoms with E-state index in [4.69, 9.17) is 9.47 Å². The second-order valence-electron chi connectivity index (χ2n) is 3.90. The van der Waals surface area contributed by atoms with Gasteiger partial charge in [-0.25, -0.2) is 0 Å². The molecule has 0 aliphatic heterocycles. The molecule has 0 N–H and O–H groups in total. The molecule has 2 nitrogen and oxygen atoms in total. The first-order valence-electron chi connectivity index (χ1n) is 5.63. The smallest absolute Gasteiger partial charge is 0.126 e. The zero-order valence-corrected chi connectivity index (χ0v) is 11.7. The molecule has 1 aromatic carbocycles. The van der Waals surface area contributed by atoms with Gasteiger partial charge in [-0.05, 0) is 25.0 Å². The van der Waals surface area contributed by atoms with Gasteiger partial charge in [-0.2, -0.15) is 0 Å². The molecule has 0 saturated carbocycles. The van der Waals surface area contributed by atoms with E-state index < -0.39 is 0 Å². The van der Waals surface area contributed by atoms with Crippen molar-refractivity contribution in [3.05, 3.63) is 23.8 Å². The average Bonchev–Trinajstić information content (AvgIpc) is 2.36. The van der Waals surface area contributed by atoms with Crippen LogP contribution in [0.3, 0.4) is 0 Å². The number of ether oxygens (including phenoxy) is 2. The molecule has 0 saturated heterocycles. The van der Waals surface area contributed by atoms with E-state index in [-0.39, 0.29) is 5.16 Å². The number of hydrogen-bond donors (Lipinski definition) is 0. The molecular formula is C13H21O2P. The van der Waals surface area contributed by atoms with Gasteiger partial charge in [0.25, 0.3) is 0 Å². The van der Waals surface area contributed by atoms with Crippen LogP contribution in [0.2, 0.25) is 0 Å². The van der Waals surface area contributed by atoms with Gasteiger partial charge in [0, 0.05) is 10.7 Å². The van der Waals surface area contributed by atoms with Gasteiger partial charge in [-0.15, -0.1) is 9.24 Å². The lowest BCUT2D eigenvalue weighted by molar-refractivity contribution is 0.370. The van der Waals surface area contributed by atoms with Gasteiger partial charge in [-0.1, -0.05) is 19.9 Å². The summed E-state index contributed by atoms with van der Waals surface area (Å²) < 4.78 is 10.9. The Morgan fingerprint density at radius 1 is 1.06 bits per heavy atom. The third kappa shape index (κ3) is 2.32. The Hall–Kier alpha value is -0.750. The van der Waals surface area contributed by atoms with Crippen LogP contribution >= 0.6 is 9.24 Å². The normalized spacial score (nSPS) is 11.3. The van der Waals surface area contributed by atoms with Crippen molar-refractivity contribution in [3.8, 4) is 11.5 Å². The molecule has 0 amide bonds. The van der Waals surface area contributed by atoms with Crippen LogP contribution in [0, 0.1) is 0 Å². The summed E-state index contributed by atoms with van der Waals surface area (Å²) in [6.07, 6.45) is 2.07. The van der Waals surface area contributed by atoms with Crippen LogP contribution < -0.4 is 9.47 Å². The highest BCUT2D eigenvalue weighted by atomic mass is 31.0. The van der Waals surface area contributed by atoms with Gasteiger partial charge in [0.05, 0.1) is 14.2 Å². The molecule has 0 radical (unpaired) electrons. The molecule has 90 valence electrons. The summed E-state index contributed by atoms with van der Waals surface area (Å²) in [7, 11) is 6.36. The molecule has 16 heavy (non-hydrogen) atoms. The lowest BCUT2D eigenvalue weighted by atomic mass is 9.91. The summed E-state index contributed by atoms with van der Waals surface area (Å²) in [6, 6.07) is 5.93. The van der Waals surface area contributed by atoms with Crippen LogP contribution in [0.15, 0.2) is 18.2 Å². The predicted molar refractivity (Wildman–Crippen MR) is 71.5 cm³/mol. The first kappa shape index (κ1) is 13.3. The Morgan fingerprint density at radius 3 is 1.81 bits per heavy atom. The zero-order valence-electron chi connectivity index (χ0n) is 10.5. The number of benzene rings is 1. The lowest BCUT2D eigenvalue weighted by Crippen LogP contribution is -2.17. The van der Waals surface area contributed by atoms with E-state index in [1.165, 1.54) is 0 Å². The highest BCUT2D eigenvalue weighted by Crippen LogP contribution is 2.47. The molecule has 1 atom stereocenters. The fourth-order valence-corrected chi connectivity index (χ4v) is 2.23. The van der Waals surface area contributed by atoms with Crippen LogP contribution in [-0.4, -0.2) is 14.2 Å². The van der Waals surface area contributed by atoms with E-state index in [0.717, 1.165) is 29.9 Å². The molecule has 1 rings (SSSR count). The summed E-state index contributed by atoms with van der Waals surface area (Å²) in [5.41, 5.74) is 1.15. The molecule has 0 spiro atoms. The Labute approximate surface area is 101 Å². The van der Waals surface area contributed by atoms with Crippen molar-refractivity contribution >= 4 is 9.24 Å². The van der Waals surface area contributed by atoms with Crippen molar-refractivity contribution in [1.82, 2.24) is 0 Å². The first-order valence-corrected chi connectivity index (χ1v) is 6.21. The van der Waals surface area contributed by atoms with Crippen molar-refractivity contribution in [1.29, 1.82) is 0 Å². The number of hydrogen-bond acceptors (Lipinski definition) is 2. The maximum Gasteiger partial charge on any atom is 0.126 e. The highest BCUT2D eigenvalue weighted by Gasteiger charge is 2.29. The SMILES string of the molecule is CCC(P)(CC)c1c(OC)cccc1OC. The van der Waals surface area contributed by atoms with Gasteiger partial charge < -0.3 is 9.47 Å². The minimum Gasteiger partial charge on any atom is -0.496 e. The molecule has 0 aliphatic rings. The average molecular weight is 240 g/mol. The maximum atomic E-state index is 5.44. The van der Waals surface area contributed by atoms with E-state index in [0.29, 0.717) is 0 Å². The quantitative estimate of drug-likeness (QED) is 0.732. The summed E-state index contributed by atoms with van der Waals surface area (Å²) in [4.78, 5) is 0. The Kier molecular flexibility index (Phi) is 4.61. The second kappa shape index (κ2) is 5.54. The van der Waals surface area contributed by atoms with Gasteiger partial charge in [-0.3, -0.25) is 0 Å². The van der Waals surface area contributed by atoms with Crippen molar-refractivity contribution in [2.75, 3.05) is 14.2 Å². The fraction of sp³-hybridized carbons (Fsp3) is 0.538. The van der Waals surface area contributed by atoms with Crippen LogP contribution in [0.25, 0.3) is 0 Å². The molecule has 3 heteroatoms. The van der Waals surface area contributed by atoms with Gasteiger partial charge in [0.15, 0.2) is 0 Å². The minimum atomic E-state index is 0.0257. The van der Waals surface area contributed by atoms with E-state index in [1.807, 2.05) is 18.2 Å². The third-order valence-electron chi connectivity index (χ3n) is 3.19. The van der Waals surface area contributed by atoms with Crippen molar-refractivity contribution < 1.29 is 9.47 Å². The maximum absolute atomic E-state index is 5.44. The second-order valence-corrected chi connectivity index (χ2v) is 5.01. The summed E-state index contributed by atoms with van der Waals surface area (Å²) in [5, 5.41) is 0.0257. The van der Waals surface area contributed by atoms with Crippen molar-refractivity contribution in [3.63, 3.8) is 0 Å². The van der Waals surface area contributed by atoms with E-state index in [2.05, 4.69) is 23.1 Å². The van der Waals surface area contributed by atoms with Crippen LogP contribution in [0.5, 0.6) is 11.5 Å². The molecule has 0 fully saturated rings. The Morgan fingerprint density at radius 2 is 1.50 bits per heavy atom. The van der Waals surface area contributed by atoms with Gasteiger partial charge in [0.1, 0.15) is 11.5 Å². The summed E-state index contributed by atoms with van der Waals surface area (Å²) in [5.74, 6) is 1.80. The molecular weight excluding hydrogens is 219 g/mol. The number of rotatable bonds is 5. The van der Waals surface area contributed by atoms with E-state index in [1.54, 1.807) is 14.2 Å². The van der Waals surface area contributed by atoms with Crippen LogP contribution in [-0.2, 0) is 5.16 Å².